The van der Waals surface area contributed by atoms with E-state index in [1.54, 1.807) is 4.68 Å². The van der Waals surface area contributed by atoms with E-state index in [1.807, 2.05) is 13.8 Å². The number of hydrogen-bond donors (Lipinski definition) is 3. The zero-order chi connectivity index (χ0) is 22.2. The first-order valence-corrected chi connectivity index (χ1v) is 12.1. The van der Waals surface area contributed by atoms with E-state index in [0.717, 1.165) is 57.8 Å². The van der Waals surface area contributed by atoms with Gasteiger partial charge in [-0.2, -0.15) is 0 Å². The van der Waals surface area contributed by atoms with Crippen LogP contribution in [0.25, 0.3) is 0 Å². The lowest BCUT2D eigenvalue weighted by atomic mass is 9.43. The van der Waals surface area contributed by atoms with Crippen molar-refractivity contribution in [3.63, 3.8) is 0 Å². The molecule has 0 bridgehead atoms. The monoisotopic (exact) mass is 430 g/mol. The molecule has 0 spiro atoms. The predicted octanol–water partition coefficient (Wildman–Crippen LogP) is 1.73. The molecule has 8 nitrogen and oxygen atoms in total. The second kappa shape index (κ2) is 6.81. The van der Waals surface area contributed by atoms with Gasteiger partial charge < -0.3 is 16.6 Å². The number of aliphatic hydroxyl groups is 1. The summed E-state index contributed by atoms with van der Waals surface area (Å²) in [7, 11) is 0. The van der Waals surface area contributed by atoms with Gasteiger partial charge >= 0.3 is 0 Å². The van der Waals surface area contributed by atoms with Gasteiger partial charge in [-0.1, -0.05) is 6.92 Å². The van der Waals surface area contributed by atoms with E-state index < -0.39 is 11.1 Å². The number of Topliss-reactive ketones (excluding diaryl/α,β-unsaturated/α-hetero) is 1. The molecule has 1 aromatic rings. The fourth-order valence-corrected chi connectivity index (χ4v) is 8.46. The summed E-state index contributed by atoms with van der Waals surface area (Å²) in [6.45, 7) is 6.25. The van der Waals surface area contributed by atoms with Gasteiger partial charge in [0.25, 0.3) is 0 Å². The number of ketones is 1. The highest BCUT2D eigenvalue weighted by Crippen LogP contribution is 2.66. The third kappa shape index (κ3) is 2.97. The number of carbonyl (C=O) groups is 1. The summed E-state index contributed by atoms with van der Waals surface area (Å²) in [6, 6.07) is 0. The molecule has 0 aromatic carbocycles. The van der Waals surface area contributed by atoms with Gasteiger partial charge in [0.15, 0.2) is 5.78 Å². The van der Waals surface area contributed by atoms with Crippen LogP contribution >= 0.6 is 0 Å². The van der Waals surface area contributed by atoms with Gasteiger partial charge in [0, 0.05) is 17.0 Å². The van der Waals surface area contributed by atoms with Gasteiger partial charge in [0.1, 0.15) is 12.4 Å². The molecule has 0 aliphatic heterocycles. The Morgan fingerprint density at radius 1 is 1.13 bits per heavy atom. The Hall–Kier alpha value is -1.38. The molecule has 0 amide bonds. The van der Waals surface area contributed by atoms with Crippen LogP contribution < -0.4 is 11.5 Å². The van der Waals surface area contributed by atoms with E-state index in [-0.39, 0.29) is 35.1 Å². The first-order valence-electron chi connectivity index (χ1n) is 12.1. The number of nitrogens with zero attached hydrogens (tertiary/aromatic N) is 4. The van der Waals surface area contributed by atoms with Crippen LogP contribution in [0.2, 0.25) is 0 Å². The van der Waals surface area contributed by atoms with Crippen molar-refractivity contribution in [2.75, 3.05) is 0 Å². The number of tetrazole rings is 1. The highest BCUT2D eigenvalue weighted by Gasteiger charge is 2.69. The Kier molecular flexibility index (Phi) is 4.72. The molecule has 8 atom stereocenters. The molecule has 5 N–H and O–H groups in total. The lowest BCUT2D eigenvalue weighted by Crippen LogP contribution is -2.74. The Morgan fingerprint density at radius 3 is 2.61 bits per heavy atom. The maximum atomic E-state index is 13.4. The summed E-state index contributed by atoms with van der Waals surface area (Å²) in [6.07, 6.45) is 8.24. The van der Waals surface area contributed by atoms with E-state index >= 15 is 0 Å². The van der Waals surface area contributed by atoms with Crippen molar-refractivity contribution in [1.29, 1.82) is 0 Å². The molecular weight excluding hydrogens is 392 g/mol. The minimum absolute atomic E-state index is 0.0736. The van der Waals surface area contributed by atoms with E-state index in [0.29, 0.717) is 17.7 Å². The number of aryl methyl sites for hydroxylation is 1. The fourth-order valence-electron chi connectivity index (χ4n) is 8.46. The Balaban J connectivity index is 1.41. The van der Waals surface area contributed by atoms with Crippen molar-refractivity contribution in [3.8, 4) is 0 Å². The van der Waals surface area contributed by atoms with Gasteiger partial charge in [0.2, 0.25) is 0 Å². The average molecular weight is 431 g/mol. The van der Waals surface area contributed by atoms with E-state index in [1.165, 1.54) is 0 Å². The first-order chi connectivity index (χ1) is 14.5. The van der Waals surface area contributed by atoms with E-state index in [9.17, 15) is 9.90 Å². The summed E-state index contributed by atoms with van der Waals surface area (Å²) in [5.74, 6) is 1.92. The van der Waals surface area contributed by atoms with Gasteiger partial charge in [-0.15, -0.1) is 5.10 Å². The number of carbonyl (C=O) groups excluding carboxylic acids is 1. The lowest BCUT2D eigenvalue weighted by Gasteiger charge is -2.65. The van der Waals surface area contributed by atoms with E-state index in [4.69, 9.17) is 11.5 Å². The Bertz CT molecular complexity index is 885. The van der Waals surface area contributed by atoms with Gasteiger partial charge in [-0.05, 0) is 105 Å². The van der Waals surface area contributed by atoms with Crippen LogP contribution in [0.15, 0.2) is 0 Å². The van der Waals surface area contributed by atoms with Crippen molar-refractivity contribution in [2.45, 2.75) is 102 Å². The third-order valence-electron chi connectivity index (χ3n) is 10.2. The van der Waals surface area contributed by atoms with Crippen LogP contribution in [0.1, 0.15) is 77.5 Å². The van der Waals surface area contributed by atoms with Crippen LogP contribution in [-0.4, -0.2) is 47.8 Å². The summed E-state index contributed by atoms with van der Waals surface area (Å²) in [4.78, 5) is 13.4. The van der Waals surface area contributed by atoms with Crippen LogP contribution in [0, 0.1) is 36.0 Å². The van der Waals surface area contributed by atoms with Crippen molar-refractivity contribution < 1.29 is 9.90 Å². The largest absolute Gasteiger partial charge is 0.390 e. The minimum Gasteiger partial charge on any atom is -0.390 e. The minimum atomic E-state index is -0.562. The summed E-state index contributed by atoms with van der Waals surface area (Å²) < 4.78 is 1.59. The Morgan fingerprint density at radius 2 is 1.90 bits per heavy atom. The molecule has 4 aliphatic carbocycles. The SMILES string of the molecule is Cc1nnnn1CC(=O)C1CC[C@@]2(N)C3CCC4C[C@](C)(O)CCC4[C@@]3(N)CC[C@]12C. The normalized spacial score (nSPS) is 49.2. The van der Waals surface area contributed by atoms with Crippen molar-refractivity contribution in [3.05, 3.63) is 5.82 Å². The topological polar surface area (TPSA) is 133 Å². The molecular formula is C23H38N6O2. The predicted molar refractivity (Wildman–Crippen MR) is 116 cm³/mol. The highest BCUT2D eigenvalue weighted by atomic mass is 16.3. The molecule has 1 aromatic heterocycles. The van der Waals surface area contributed by atoms with Crippen LogP contribution in [0.4, 0.5) is 0 Å². The van der Waals surface area contributed by atoms with Crippen molar-refractivity contribution in [1.82, 2.24) is 20.2 Å². The number of aromatic nitrogens is 4. The summed E-state index contributed by atoms with van der Waals surface area (Å²) in [5, 5.41) is 22.2. The van der Waals surface area contributed by atoms with Crippen LogP contribution in [0.5, 0.6) is 0 Å². The van der Waals surface area contributed by atoms with Gasteiger partial charge in [-0.25, -0.2) is 4.68 Å². The smallest absolute Gasteiger partial charge is 0.158 e. The summed E-state index contributed by atoms with van der Waals surface area (Å²) in [5.41, 5.74) is 13.1. The van der Waals surface area contributed by atoms with Crippen LogP contribution in [-0.2, 0) is 11.3 Å². The highest BCUT2D eigenvalue weighted by molar-refractivity contribution is 5.82. The summed E-state index contributed by atoms with van der Waals surface area (Å²) >= 11 is 0. The Labute approximate surface area is 184 Å². The maximum Gasteiger partial charge on any atom is 0.158 e. The van der Waals surface area contributed by atoms with Gasteiger partial charge in [-0.3, -0.25) is 4.79 Å². The maximum absolute atomic E-state index is 13.4. The van der Waals surface area contributed by atoms with Crippen LogP contribution in [0.3, 0.4) is 0 Å². The molecule has 0 radical (unpaired) electrons. The third-order valence-corrected chi connectivity index (χ3v) is 10.2. The molecule has 4 saturated carbocycles. The van der Waals surface area contributed by atoms with Gasteiger partial charge in [0.05, 0.1) is 5.60 Å². The fraction of sp³-hybridized carbons (Fsp3) is 0.913. The zero-order valence-corrected chi connectivity index (χ0v) is 19.2. The van der Waals surface area contributed by atoms with E-state index in [2.05, 4.69) is 22.4 Å². The molecule has 4 aliphatic rings. The number of fused-ring (bicyclic) bond motifs is 5. The molecule has 4 unspecified atom stereocenters. The lowest BCUT2D eigenvalue weighted by molar-refractivity contribution is -0.139. The standard InChI is InChI=1S/C23H38N6O2/c1-14-26-27-28-29(14)13-18(30)17-7-9-23(25)19-5-4-15-12-20(2,31)8-6-16(15)22(19,24)11-10-21(17,23)3/h15-17,19,31H,4-13,24-25H2,1-3H3/t15?,16?,17?,19?,20-,21-,22+,23-/m1/s1. The number of nitrogens with two attached hydrogens (primary N) is 2. The second-order valence-electron chi connectivity index (χ2n) is 11.7. The second-order valence-corrected chi connectivity index (χ2v) is 11.7. The molecule has 1 heterocycles. The molecule has 172 valence electrons. The molecule has 8 heteroatoms. The zero-order valence-electron chi connectivity index (χ0n) is 19.2. The molecule has 4 fully saturated rings. The first kappa shape index (κ1) is 21.5. The van der Waals surface area contributed by atoms with Crippen molar-refractivity contribution >= 4 is 5.78 Å². The number of rotatable bonds is 3. The molecule has 31 heavy (non-hydrogen) atoms. The average Bonchev–Trinajstić information content (AvgIpc) is 3.21. The number of hydrogen-bond acceptors (Lipinski definition) is 7. The molecule has 5 rings (SSSR count). The molecule has 0 saturated heterocycles. The quantitative estimate of drug-likeness (QED) is 0.665. The van der Waals surface area contributed by atoms with Crippen molar-refractivity contribution in [2.24, 2.45) is 40.6 Å².